The maximum Gasteiger partial charge on any atom is 0.270 e. The average molecular weight is 309 g/mol. The van der Waals surface area contributed by atoms with Gasteiger partial charge in [-0.25, -0.2) is 4.39 Å². The molecule has 0 unspecified atom stereocenters. The third-order valence-corrected chi connectivity index (χ3v) is 3.42. The Kier molecular flexibility index (Phi) is 5.25. The molecule has 0 aliphatic heterocycles. The third-order valence-electron chi connectivity index (χ3n) is 3.07. The molecule has 0 aromatic heterocycles. The van der Waals surface area contributed by atoms with Crippen molar-refractivity contribution in [3.05, 3.63) is 74.5 Å². The summed E-state index contributed by atoms with van der Waals surface area (Å²) in [5, 5.41) is 14.2. The van der Waals surface area contributed by atoms with E-state index in [1.807, 2.05) is 0 Å². The molecule has 2 rings (SSSR count). The smallest absolute Gasteiger partial charge is 0.270 e. The summed E-state index contributed by atoms with van der Waals surface area (Å²) in [7, 11) is 0. The molecule has 0 aliphatic rings. The van der Waals surface area contributed by atoms with Gasteiger partial charge in [0.15, 0.2) is 0 Å². The minimum absolute atomic E-state index is 0.0185. The van der Waals surface area contributed by atoms with E-state index in [1.165, 1.54) is 24.3 Å². The molecule has 0 radical (unpaired) electrons. The average Bonchev–Trinajstić information content (AvgIpc) is 2.46. The minimum atomic E-state index is -0.475. The van der Waals surface area contributed by atoms with E-state index in [9.17, 15) is 14.5 Å². The zero-order valence-electron chi connectivity index (χ0n) is 11.2. The van der Waals surface area contributed by atoms with Gasteiger partial charge in [-0.05, 0) is 42.3 Å². The zero-order valence-corrected chi connectivity index (χ0v) is 11.9. The van der Waals surface area contributed by atoms with E-state index in [0.29, 0.717) is 18.1 Å². The number of halogens is 2. The molecule has 6 heteroatoms. The monoisotopic (exact) mass is 308 g/mol. The highest BCUT2D eigenvalue weighted by Crippen LogP contribution is 2.22. The van der Waals surface area contributed by atoms with Crippen LogP contribution >= 0.6 is 11.6 Å². The molecule has 0 atom stereocenters. The van der Waals surface area contributed by atoms with E-state index in [-0.39, 0.29) is 11.5 Å². The summed E-state index contributed by atoms with van der Waals surface area (Å²) >= 11 is 6.00. The predicted molar refractivity (Wildman–Crippen MR) is 79.9 cm³/mol. The van der Waals surface area contributed by atoms with Crippen molar-refractivity contribution in [3.63, 3.8) is 0 Å². The fourth-order valence-corrected chi connectivity index (χ4v) is 2.14. The Bertz CT molecular complexity index is 632. The van der Waals surface area contributed by atoms with Crippen LogP contribution in [0.15, 0.2) is 42.5 Å². The molecule has 2 aromatic rings. The Balaban J connectivity index is 1.83. The molecule has 0 heterocycles. The van der Waals surface area contributed by atoms with Crippen LogP contribution in [0.3, 0.4) is 0 Å². The van der Waals surface area contributed by atoms with Gasteiger partial charge in [0, 0.05) is 18.7 Å². The Morgan fingerprint density at radius 3 is 2.52 bits per heavy atom. The Hall–Kier alpha value is -1.98. The highest BCUT2D eigenvalue weighted by atomic mass is 35.5. The van der Waals surface area contributed by atoms with Gasteiger partial charge < -0.3 is 5.32 Å². The molecule has 0 saturated heterocycles. The first-order chi connectivity index (χ1) is 10.1. The highest BCUT2D eigenvalue weighted by Gasteiger charge is 2.08. The number of nitro benzene ring substituents is 1. The van der Waals surface area contributed by atoms with Gasteiger partial charge >= 0.3 is 0 Å². The standard InChI is InChI=1S/C15H14ClFN2O2/c16-15-9-14(19(20)21)6-3-12(15)10-18-8-7-11-1-4-13(17)5-2-11/h1-6,9,18H,7-8,10H2. The van der Waals surface area contributed by atoms with E-state index in [2.05, 4.69) is 5.32 Å². The van der Waals surface area contributed by atoms with Crippen LogP contribution in [0, 0.1) is 15.9 Å². The summed E-state index contributed by atoms with van der Waals surface area (Å²) in [5.41, 5.74) is 1.83. The fraction of sp³-hybridized carbons (Fsp3) is 0.200. The molecular formula is C15H14ClFN2O2. The van der Waals surface area contributed by atoms with Crippen LogP contribution in [0.2, 0.25) is 5.02 Å². The minimum Gasteiger partial charge on any atom is -0.312 e. The largest absolute Gasteiger partial charge is 0.312 e. The van der Waals surface area contributed by atoms with Crippen LogP contribution in [0.5, 0.6) is 0 Å². The van der Waals surface area contributed by atoms with Crippen LogP contribution in [0.4, 0.5) is 10.1 Å². The molecule has 0 aliphatic carbocycles. The lowest BCUT2D eigenvalue weighted by Gasteiger charge is -2.07. The molecule has 0 spiro atoms. The first-order valence-electron chi connectivity index (χ1n) is 6.44. The topological polar surface area (TPSA) is 55.2 Å². The number of non-ortho nitro benzene ring substituents is 1. The second kappa shape index (κ2) is 7.15. The van der Waals surface area contributed by atoms with Crippen LogP contribution in [-0.4, -0.2) is 11.5 Å². The lowest BCUT2D eigenvalue weighted by molar-refractivity contribution is -0.384. The lowest BCUT2D eigenvalue weighted by Crippen LogP contribution is -2.17. The summed E-state index contributed by atoms with van der Waals surface area (Å²) in [6.45, 7) is 1.23. The van der Waals surface area contributed by atoms with Crippen molar-refractivity contribution in [1.82, 2.24) is 5.32 Å². The number of hydrogen-bond acceptors (Lipinski definition) is 3. The van der Waals surface area contributed by atoms with Crippen LogP contribution in [-0.2, 0) is 13.0 Å². The van der Waals surface area contributed by atoms with Gasteiger partial charge in [0.05, 0.1) is 9.95 Å². The molecule has 0 fully saturated rings. The second-order valence-corrected chi connectivity index (χ2v) is 4.99. The molecule has 1 N–H and O–H groups in total. The van der Waals surface area contributed by atoms with E-state index in [1.54, 1.807) is 18.2 Å². The van der Waals surface area contributed by atoms with E-state index in [0.717, 1.165) is 17.5 Å². The van der Waals surface area contributed by atoms with Crippen LogP contribution < -0.4 is 5.32 Å². The van der Waals surface area contributed by atoms with Gasteiger partial charge in [-0.15, -0.1) is 0 Å². The fourth-order valence-electron chi connectivity index (χ4n) is 1.90. The lowest BCUT2D eigenvalue weighted by atomic mass is 10.1. The molecule has 2 aromatic carbocycles. The van der Waals surface area contributed by atoms with E-state index in [4.69, 9.17) is 11.6 Å². The number of rotatable bonds is 6. The summed E-state index contributed by atoms with van der Waals surface area (Å²) < 4.78 is 12.8. The maximum absolute atomic E-state index is 12.8. The van der Waals surface area contributed by atoms with Gasteiger partial charge in [0.1, 0.15) is 5.82 Å². The number of nitrogens with zero attached hydrogens (tertiary/aromatic N) is 1. The van der Waals surface area contributed by atoms with Gasteiger partial charge in [0.25, 0.3) is 5.69 Å². The predicted octanol–water partition coefficient (Wildman–Crippen LogP) is 3.72. The number of hydrogen-bond donors (Lipinski definition) is 1. The number of nitrogens with one attached hydrogen (secondary N) is 1. The Morgan fingerprint density at radius 1 is 1.19 bits per heavy atom. The van der Waals surface area contributed by atoms with Crippen molar-refractivity contribution >= 4 is 17.3 Å². The molecular weight excluding hydrogens is 295 g/mol. The third kappa shape index (κ3) is 4.51. The molecule has 0 bridgehead atoms. The molecule has 4 nitrogen and oxygen atoms in total. The van der Waals surface area contributed by atoms with Gasteiger partial charge in [0.2, 0.25) is 0 Å². The second-order valence-electron chi connectivity index (χ2n) is 4.59. The van der Waals surface area contributed by atoms with Gasteiger partial charge in [-0.2, -0.15) is 0 Å². The SMILES string of the molecule is O=[N+]([O-])c1ccc(CNCCc2ccc(F)cc2)c(Cl)c1. The molecule has 0 amide bonds. The van der Waals surface area contributed by atoms with Crippen LogP contribution in [0.1, 0.15) is 11.1 Å². The van der Waals surface area contributed by atoms with Crippen molar-refractivity contribution in [3.8, 4) is 0 Å². The van der Waals surface area contributed by atoms with Gasteiger partial charge in [-0.3, -0.25) is 10.1 Å². The normalized spacial score (nSPS) is 10.6. The van der Waals surface area contributed by atoms with Gasteiger partial charge in [-0.1, -0.05) is 23.7 Å². The maximum atomic E-state index is 12.8. The van der Waals surface area contributed by atoms with Crippen molar-refractivity contribution in [2.24, 2.45) is 0 Å². The number of nitro groups is 1. The molecule has 21 heavy (non-hydrogen) atoms. The summed E-state index contributed by atoms with van der Waals surface area (Å²) in [5.74, 6) is -0.246. The summed E-state index contributed by atoms with van der Waals surface area (Å²) in [4.78, 5) is 10.1. The van der Waals surface area contributed by atoms with Crippen LogP contribution in [0.25, 0.3) is 0 Å². The van der Waals surface area contributed by atoms with Crippen molar-refractivity contribution in [2.75, 3.05) is 6.54 Å². The Morgan fingerprint density at radius 2 is 1.90 bits per heavy atom. The summed E-state index contributed by atoms with van der Waals surface area (Å²) in [6, 6.07) is 10.8. The number of benzene rings is 2. The Labute approximate surface area is 126 Å². The summed E-state index contributed by atoms with van der Waals surface area (Å²) in [6.07, 6.45) is 0.769. The quantitative estimate of drug-likeness (QED) is 0.503. The van der Waals surface area contributed by atoms with E-state index >= 15 is 0 Å². The van der Waals surface area contributed by atoms with Crippen molar-refractivity contribution < 1.29 is 9.31 Å². The van der Waals surface area contributed by atoms with Crippen molar-refractivity contribution in [1.29, 1.82) is 0 Å². The first kappa shape index (κ1) is 15.4. The van der Waals surface area contributed by atoms with Crippen molar-refractivity contribution in [2.45, 2.75) is 13.0 Å². The van der Waals surface area contributed by atoms with E-state index < -0.39 is 4.92 Å². The first-order valence-corrected chi connectivity index (χ1v) is 6.82. The molecule has 0 saturated carbocycles. The molecule has 110 valence electrons. The highest BCUT2D eigenvalue weighted by molar-refractivity contribution is 6.31. The zero-order chi connectivity index (χ0) is 15.2.